The maximum atomic E-state index is 5.70. The average molecular weight is 288 g/mol. The molecule has 2 atom stereocenters. The van der Waals surface area contributed by atoms with Gasteiger partial charge in [-0.3, -0.25) is 0 Å². The Kier molecular flexibility index (Phi) is 4.44. The van der Waals surface area contributed by atoms with Crippen molar-refractivity contribution in [2.45, 2.75) is 44.9 Å². The molecule has 1 aromatic heterocycles. The highest BCUT2D eigenvalue weighted by atomic mass is 79.9. The van der Waals surface area contributed by atoms with E-state index in [1.807, 2.05) is 12.1 Å². The van der Waals surface area contributed by atoms with Crippen molar-refractivity contribution in [3.05, 3.63) is 22.6 Å². The lowest BCUT2D eigenvalue weighted by molar-refractivity contribution is 0.0758. The first-order chi connectivity index (χ1) is 7.79. The molecule has 0 aromatic carbocycles. The molecule has 16 heavy (non-hydrogen) atoms. The Morgan fingerprint density at radius 1 is 1.56 bits per heavy atom. The maximum Gasteiger partial charge on any atom is 0.169 e. The highest BCUT2D eigenvalue weighted by Gasteiger charge is 2.24. The largest absolute Gasteiger partial charge is 0.453 e. The second kappa shape index (κ2) is 5.84. The van der Waals surface area contributed by atoms with Crippen LogP contribution in [0, 0.1) is 0 Å². The van der Waals surface area contributed by atoms with Crippen LogP contribution >= 0.6 is 15.9 Å². The predicted octanol–water partition coefficient (Wildman–Crippen LogP) is 3.09. The van der Waals surface area contributed by atoms with E-state index in [9.17, 15) is 0 Å². The lowest BCUT2D eigenvalue weighted by Gasteiger charge is -2.22. The fourth-order valence-electron chi connectivity index (χ4n) is 2.14. The van der Waals surface area contributed by atoms with Crippen molar-refractivity contribution in [3.8, 4) is 0 Å². The van der Waals surface area contributed by atoms with Crippen molar-refractivity contribution in [2.75, 3.05) is 6.61 Å². The molecule has 2 unspecified atom stereocenters. The molecular formula is C12H18BrNO2. The van der Waals surface area contributed by atoms with Gasteiger partial charge >= 0.3 is 0 Å². The molecular weight excluding hydrogens is 270 g/mol. The predicted molar refractivity (Wildman–Crippen MR) is 66.3 cm³/mol. The summed E-state index contributed by atoms with van der Waals surface area (Å²) < 4.78 is 11.9. The monoisotopic (exact) mass is 287 g/mol. The third-order valence-corrected chi connectivity index (χ3v) is 3.45. The van der Waals surface area contributed by atoms with Crippen LogP contribution in [0.5, 0.6) is 0 Å². The highest BCUT2D eigenvalue weighted by molar-refractivity contribution is 9.10. The SMILES string of the molecule is CCC(NCc1ccc(Br)o1)C1CCCO1. The van der Waals surface area contributed by atoms with Crippen molar-refractivity contribution >= 4 is 15.9 Å². The van der Waals surface area contributed by atoms with E-state index in [2.05, 4.69) is 28.2 Å². The van der Waals surface area contributed by atoms with Crippen LogP contribution < -0.4 is 5.32 Å². The molecule has 90 valence electrons. The summed E-state index contributed by atoms with van der Waals surface area (Å²) in [6.45, 7) is 3.87. The smallest absolute Gasteiger partial charge is 0.169 e. The number of hydrogen-bond donors (Lipinski definition) is 1. The number of ether oxygens (including phenoxy) is 1. The van der Waals surface area contributed by atoms with Crippen LogP contribution in [0.2, 0.25) is 0 Å². The normalized spacial score (nSPS) is 22.5. The topological polar surface area (TPSA) is 34.4 Å². The van der Waals surface area contributed by atoms with Gasteiger partial charge in [0, 0.05) is 12.6 Å². The first-order valence-electron chi connectivity index (χ1n) is 5.89. The fourth-order valence-corrected chi connectivity index (χ4v) is 2.48. The minimum absolute atomic E-state index is 0.378. The molecule has 1 N–H and O–H groups in total. The molecule has 1 fully saturated rings. The molecule has 1 aromatic rings. The molecule has 3 nitrogen and oxygen atoms in total. The fraction of sp³-hybridized carbons (Fsp3) is 0.667. The van der Waals surface area contributed by atoms with Crippen molar-refractivity contribution in [1.82, 2.24) is 5.32 Å². The summed E-state index contributed by atoms with van der Waals surface area (Å²) in [5, 5.41) is 3.50. The number of rotatable bonds is 5. The van der Waals surface area contributed by atoms with Crippen LogP contribution in [0.3, 0.4) is 0 Å². The Morgan fingerprint density at radius 2 is 2.44 bits per heavy atom. The standard InChI is InChI=1S/C12H18BrNO2/c1-2-10(11-4-3-7-15-11)14-8-9-5-6-12(13)16-9/h5-6,10-11,14H,2-4,7-8H2,1H3. The van der Waals surface area contributed by atoms with E-state index in [4.69, 9.17) is 9.15 Å². The second-order valence-electron chi connectivity index (χ2n) is 4.15. The van der Waals surface area contributed by atoms with Crippen LogP contribution in [-0.2, 0) is 11.3 Å². The van der Waals surface area contributed by atoms with E-state index in [0.29, 0.717) is 12.1 Å². The van der Waals surface area contributed by atoms with Gasteiger partial charge in [-0.05, 0) is 47.3 Å². The summed E-state index contributed by atoms with van der Waals surface area (Å²) in [5.41, 5.74) is 0. The first-order valence-corrected chi connectivity index (χ1v) is 6.68. The van der Waals surface area contributed by atoms with Gasteiger partial charge in [-0.25, -0.2) is 0 Å². The highest BCUT2D eigenvalue weighted by Crippen LogP contribution is 2.19. The summed E-state index contributed by atoms with van der Waals surface area (Å²) in [7, 11) is 0. The van der Waals surface area contributed by atoms with Crippen LogP contribution in [0.4, 0.5) is 0 Å². The molecule has 0 saturated carbocycles. The van der Waals surface area contributed by atoms with Gasteiger partial charge in [0.05, 0.1) is 12.6 Å². The van der Waals surface area contributed by atoms with Gasteiger partial charge in [-0.15, -0.1) is 0 Å². The quantitative estimate of drug-likeness (QED) is 0.904. The molecule has 1 aliphatic rings. The van der Waals surface area contributed by atoms with Crippen LogP contribution in [0.15, 0.2) is 21.2 Å². The summed E-state index contributed by atoms with van der Waals surface area (Å²) in [5.74, 6) is 0.961. The second-order valence-corrected chi connectivity index (χ2v) is 4.93. The number of furan rings is 1. The molecule has 0 aliphatic carbocycles. The summed E-state index contributed by atoms with van der Waals surface area (Å²) >= 11 is 3.30. The zero-order chi connectivity index (χ0) is 11.4. The van der Waals surface area contributed by atoms with Crippen molar-refractivity contribution in [2.24, 2.45) is 0 Å². The van der Waals surface area contributed by atoms with Gasteiger partial charge in [0.25, 0.3) is 0 Å². The van der Waals surface area contributed by atoms with E-state index < -0.39 is 0 Å². The van der Waals surface area contributed by atoms with Crippen LogP contribution in [0.1, 0.15) is 31.9 Å². The van der Waals surface area contributed by atoms with Gasteiger partial charge in [0.15, 0.2) is 4.67 Å². The maximum absolute atomic E-state index is 5.70. The number of hydrogen-bond acceptors (Lipinski definition) is 3. The molecule has 1 saturated heterocycles. The van der Waals surface area contributed by atoms with E-state index in [-0.39, 0.29) is 0 Å². The third kappa shape index (κ3) is 3.09. The minimum Gasteiger partial charge on any atom is -0.453 e. The minimum atomic E-state index is 0.378. The third-order valence-electron chi connectivity index (χ3n) is 3.02. The van der Waals surface area contributed by atoms with Gasteiger partial charge in [-0.2, -0.15) is 0 Å². The van der Waals surface area contributed by atoms with Crippen LogP contribution in [0.25, 0.3) is 0 Å². The molecule has 1 aliphatic heterocycles. The first kappa shape index (κ1) is 12.1. The molecule has 0 amide bonds. The Morgan fingerprint density at radius 3 is 3.00 bits per heavy atom. The van der Waals surface area contributed by atoms with Gasteiger partial charge in [-0.1, -0.05) is 6.92 Å². The zero-order valence-electron chi connectivity index (χ0n) is 9.54. The lowest BCUT2D eigenvalue weighted by atomic mass is 10.1. The van der Waals surface area contributed by atoms with E-state index in [0.717, 1.165) is 30.0 Å². The molecule has 2 heterocycles. The Balaban J connectivity index is 1.82. The summed E-state index contributed by atoms with van der Waals surface area (Å²) in [6.07, 6.45) is 3.83. The molecule has 0 radical (unpaired) electrons. The van der Waals surface area contributed by atoms with Gasteiger partial charge in [0.1, 0.15) is 5.76 Å². The van der Waals surface area contributed by atoms with Crippen molar-refractivity contribution < 1.29 is 9.15 Å². The Hall–Kier alpha value is -0.320. The zero-order valence-corrected chi connectivity index (χ0v) is 11.1. The van der Waals surface area contributed by atoms with Gasteiger partial charge in [0.2, 0.25) is 0 Å². The van der Waals surface area contributed by atoms with Gasteiger partial charge < -0.3 is 14.5 Å². The van der Waals surface area contributed by atoms with Crippen LogP contribution in [-0.4, -0.2) is 18.8 Å². The number of nitrogens with one attached hydrogen (secondary N) is 1. The molecule has 4 heteroatoms. The summed E-state index contributed by atoms with van der Waals surface area (Å²) in [6, 6.07) is 4.34. The molecule has 0 spiro atoms. The lowest BCUT2D eigenvalue weighted by Crippen LogP contribution is -2.38. The number of halogens is 1. The van der Waals surface area contributed by atoms with Crippen molar-refractivity contribution in [3.63, 3.8) is 0 Å². The van der Waals surface area contributed by atoms with E-state index in [1.165, 1.54) is 12.8 Å². The summed E-state index contributed by atoms with van der Waals surface area (Å²) in [4.78, 5) is 0. The van der Waals surface area contributed by atoms with Crippen molar-refractivity contribution in [1.29, 1.82) is 0 Å². The average Bonchev–Trinajstić information content (AvgIpc) is 2.91. The molecule has 0 bridgehead atoms. The van der Waals surface area contributed by atoms with E-state index >= 15 is 0 Å². The Bertz CT molecular complexity index is 321. The molecule has 2 rings (SSSR count). The Labute approximate surface area is 105 Å². The van der Waals surface area contributed by atoms with E-state index in [1.54, 1.807) is 0 Å².